The minimum Gasteiger partial charge on any atom is -0.377 e. The number of ether oxygens (including phenoxy) is 1. The smallest absolute Gasteiger partial charge is 0.220 e. The number of methoxy groups -OCH3 is 1. The van der Waals surface area contributed by atoms with Crippen molar-refractivity contribution in [3.8, 4) is 11.3 Å². The summed E-state index contributed by atoms with van der Waals surface area (Å²) < 4.78 is 19.3. The van der Waals surface area contributed by atoms with Crippen molar-refractivity contribution in [1.29, 1.82) is 0 Å². The highest BCUT2D eigenvalue weighted by Crippen LogP contribution is 2.36. The van der Waals surface area contributed by atoms with Gasteiger partial charge >= 0.3 is 0 Å². The highest BCUT2D eigenvalue weighted by atomic mass is 19.1. The van der Waals surface area contributed by atoms with Crippen LogP contribution in [-0.4, -0.2) is 52.4 Å². The van der Waals surface area contributed by atoms with Gasteiger partial charge in [0.05, 0.1) is 23.3 Å². The standard InChI is InChI=1S/C16H17FN6O/c1-24-13-8-23(7-10(13)17)12-3-5-19-15-14(12)9(6-21-15)11-2-4-20-16(18)22-11/h2-6,10,13H,7-8H2,1H3,(H,19,21)(H2,18,20,22)/t10-,13-/m1/s1. The van der Waals surface area contributed by atoms with Gasteiger partial charge in [0.1, 0.15) is 17.9 Å². The Morgan fingerprint density at radius 3 is 2.88 bits per heavy atom. The first-order valence-corrected chi connectivity index (χ1v) is 7.64. The number of nitrogens with one attached hydrogen (secondary N) is 1. The number of aromatic nitrogens is 4. The third kappa shape index (κ3) is 2.35. The Labute approximate surface area is 137 Å². The number of fused-ring (bicyclic) bond motifs is 1. The zero-order valence-electron chi connectivity index (χ0n) is 13.1. The van der Waals surface area contributed by atoms with E-state index in [2.05, 4.69) is 19.9 Å². The number of aromatic amines is 1. The number of rotatable bonds is 3. The number of pyridine rings is 1. The maximum absolute atomic E-state index is 14.1. The number of halogens is 1. The number of alkyl halides is 1. The van der Waals surface area contributed by atoms with Crippen LogP contribution in [0.25, 0.3) is 22.3 Å². The molecule has 7 nitrogen and oxygen atoms in total. The van der Waals surface area contributed by atoms with Gasteiger partial charge in [-0.25, -0.2) is 19.3 Å². The molecule has 1 saturated heterocycles. The molecule has 3 N–H and O–H groups in total. The van der Waals surface area contributed by atoms with Crippen LogP contribution in [0.15, 0.2) is 30.7 Å². The second kappa shape index (κ2) is 5.72. The van der Waals surface area contributed by atoms with Crippen LogP contribution in [0.4, 0.5) is 16.0 Å². The summed E-state index contributed by atoms with van der Waals surface area (Å²) in [5.74, 6) is 0.205. The summed E-state index contributed by atoms with van der Waals surface area (Å²) in [5.41, 5.74) is 8.87. The molecule has 1 aliphatic rings. The van der Waals surface area contributed by atoms with E-state index in [1.165, 1.54) is 7.11 Å². The maximum Gasteiger partial charge on any atom is 0.220 e. The van der Waals surface area contributed by atoms with E-state index in [0.717, 1.165) is 22.3 Å². The van der Waals surface area contributed by atoms with Gasteiger partial charge in [-0.1, -0.05) is 0 Å². The van der Waals surface area contributed by atoms with Crippen molar-refractivity contribution in [1.82, 2.24) is 19.9 Å². The van der Waals surface area contributed by atoms with Gasteiger partial charge in [0, 0.05) is 37.8 Å². The van der Waals surface area contributed by atoms with E-state index in [1.54, 1.807) is 18.5 Å². The summed E-state index contributed by atoms with van der Waals surface area (Å²) in [4.78, 5) is 17.7. The second-order valence-electron chi connectivity index (χ2n) is 5.75. The molecule has 3 aromatic heterocycles. The molecule has 0 aliphatic carbocycles. The minimum atomic E-state index is -1.02. The lowest BCUT2D eigenvalue weighted by molar-refractivity contribution is 0.0650. The average molecular weight is 328 g/mol. The molecule has 3 aromatic rings. The zero-order valence-corrected chi connectivity index (χ0v) is 13.1. The average Bonchev–Trinajstić information content (AvgIpc) is 3.18. The quantitative estimate of drug-likeness (QED) is 0.761. The van der Waals surface area contributed by atoms with Gasteiger partial charge in [0.2, 0.25) is 5.95 Å². The van der Waals surface area contributed by atoms with Gasteiger partial charge in [-0.15, -0.1) is 0 Å². The van der Waals surface area contributed by atoms with Gasteiger partial charge in [0.25, 0.3) is 0 Å². The van der Waals surface area contributed by atoms with E-state index in [4.69, 9.17) is 10.5 Å². The largest absolute Gasteiger partial charge is 0.377 e. The van der Waals surface area contributed by atoms with Gasteiger partial charge in [0.15, 0.2) is 0 Å². The van der Waals surface area contributed by atoms with Crippen LogP contribution in [-0.2, 0) is 4.74 Å². The fraction of sp³-hybridized carbons (Fsp3) is 0.312. The van der Waals surface area contributed by atoms with Crippen LogP contribution in [0.2, 0.25) is 0 Å². The van der Waals surface area contributed by atoms with E-state index in [9.17, 15) is 4.39 Å². The minimum absolute atomic E-state index is 0.205. The Balaban J connectivity index is 1.84. The summed E-state index contributed by atoms with van der Waals surface area (Å²) in [6.07, 6.45) is 3.71. The number of nitrogens with two attached hydrogens (primary N) is 1. The number of nitrogens with zero attached hydrogens (tertiary/aromatic N) is 4. The third-order valence-electron chi connectivity index (χ3n) is 4.34. The molecule has 1 fully saturated rings. The van der Waals surface area contributed by atoms with Crippen molar-refractivity contribution >= 4 is 22.7 Å². The van der Waals surface area contributed by atoms with Crippen molar-refractivity contribution in [3.05, 3.63) is 30.7 Å². The van der Waals surface area contributed by atoms with Gasteiger partial charge in [-0.05, 0) is 12.1 Å². The van der Waals surface area contributed by atoms with Crippen LogP contribution < -0.4 is 10.6 Å². The van der Waals surface area contributed by atoms with Crippen molar-refractivity contribution in [2.75, 3.05) is 30.8 Å². The third-order valence-corrected chi connectivity index (χ3v) is 4.34. The first kappa shape index (κ1) is 14.8. The van der Waals surface area contributed by atoms with E-state index in [0.29, 0.717) is 12.2 Å². The van der Waals surface area contributed by atoms with Crippen molar-refractivity contribution < 1.29 is 9.13 Å². The fourth-order valence-corrected chi connectivity index (χ4v) is 3.18. The van der Waals surface area contributed by atoms with E-state index in [-0.39, 0.29) is 12.5 Å². The predicted octanol–water partition coefficient (Wildman–Crippen LogP) is 1.78. The van der Waals surface area contributed by atoms with Gasteiger partial charge in [-0.3, -0.25) is 0 Å². The topological polar surface area (TPSA) is 93.0 Å². The maximum atomic E-state index is 14.1. The van der Waals surface area contributed by atoms with Crippen LogP contribution in [0.1, 0.15) is 0 Å². The Hall–Kier alpha value is -2.74. The van der Waals surface area contributed by atoms with Crippen LogP contribution >= 0.6 is 0 Å². The lowest BCUT2D eigenvalue weighted by Crippen LogP contribution is -2.23. The summed E-state index contributed by atoms with van der Waals surface area (Å²) in [5, 5.41) is 0.888. The molecule has 8 heteroatoms. The Morgan fingerprint density at radius 2 is 2.12 bits per heavy atom. The molecule has 24 heavy (non-hydrogen) atoms. The number of hydrogen-bond donors (Lipinski definition) is 2. The van der Waals surface area contributed by atoms with Gasteiger partial charge < -0.3 is 20.4 Å². The highest BCUT2D eigenvalue weighted by Gasteiger charge is 2.34. The zero-order chi connectivity index (χ0) is 16.7. The first-order valence-electron chi connectivity index (χ1n) is 7.64. The summed E-state index contributed by atoms with van der Waals surface area (Å²) in [6, 6.07) is 3.67. The van der Waals surface area contributed by atoms with Crippen molar-refractivity contribution in [2.24, 2.45) is 0 Å². The normalized spacial score (nSPS) is 20.8. The molecule has 1 aliphatic heterocycles. The molecular weight excluding hydrogens is 311 g/mol. The van der Waals surface area contributed by atoms with Crippen molar-refractivity contribution in [3.63, 3.8) is 0 Å². The number of anilines is 2. The first-order chi connectivity index (χ1) is 11.7. The highest BCUT2D eigenvalue weighted by molar-refractivity contribution is 6.02. The molecule has 0 amide bonds. The molecule has 0 radical (unpaired) electrons. The molecule has 0 saturated carbocycles. The molecular formula is C16H17FN6O. The molecule has 0 aromatic carbocycles. The van der Waals surface area contributed by atoms with Gasteiger partial charge in [-0.2, -0.15) is 0 Å². The fourth-order valence-electron chi connectivity index (χ4n) is 3.18. The SMILES string of the molecule is CO[C@@H]1CN(c2ccnc3[nH]cc(-c4ccnc(N)n4)c23)C[C@H]1F. The lowest BCUT2D eigenvalue weighted by Gasteiger charge is -2.19. The molecule has 4 heterocycles. The summed E-state index contributed by atoms with van der Waals surface area (Å²) >= 11 is 0. The molecule has 0 bridgehead atoms. The van der Waals surface area contributed by atoms with Crippen molar-refractivity contribution in [2.45, 2.75) is 12.3 Å². The van der Waals surface area contributed by atoms with Crippen LogP contribution in [0.5, 0.6) is 0 Å². The van der Waals surface area contributed by atoms with E-state index in [1.807, 2.05) is 17.2 Å². The molecule has 4 rings (SSSR count). The van der Waals surface area contributed by atoms with E-state index >= 15 is 0 Å². The van der Waals surface area contributed by atoms with Crippen LogP contribution in [0.3, 0.4) is 0 Å². The monoisotopic (exact) mass is 328 g/mol. The number of hydrogen-bond acceptors (Lipinski definition) is 6. The van der Waals surface area contributed by atoms with Crippen LogP contribution in [0, 0.1) is 0 Å². The predicted molar refractivity (Wildman–Crippen MR) is 89.4 cm³/mol. The number of nitrogen functional groups attached to an aromatic ring is 1. The lowest BCUT2D eigenvalue weighted by atomic mass is 10.1. The molecule has 124 valence electrons. The summed E-state index contributed by atoms with van der Waals surface area (Å²) in [6.45, 7) is 0.779. The Morgan fingerprint density at radius 1 is 1.29 bits per heavy atom. The molecule has 0 unspecified atom stereocenters. The molecule has 0 spiro atoms. The Bertz CT molecular complexity index is 882. The molecule has 2 atom stereocenters. The Kier molecular flexibility index (Phi) is 3.53. The summed E-state index contributed by atoms with van der Waals surface area (Å²) in [7, 11) is 1.54. The second-order valence-corrected chi connectivity index (χ2v) is 5.75. The van der Waals surface area contributed by atoms with E-state index < -0.39 is 12.3 Å². The number of H-pyrrole nitrogens is 1.